The van der Waals surface area contributed by atoms with Crippen molar-refractivity contribution in [1.82, 2.24) is 9.97 Å². The number of aryl methyl sites for hydroxylation is 1. The topological polar surface area (TPSA) is 37.8 Å². The smallest absolute Gasteiger partial charge is 0.332 e. The standard InChI is InChI=1S/C16H11F4N3S/c1-9-14(10-4-6-21-7-5-10)23-15(24-9)22-11-2-3-13(17)12(8-11)16(18,19)20/h2-8H,1H3,(H,22,23). The van der Waals surface area contributed by atoms with Gasteiger partial charge in [-0.25, -0.2) is 9.37 Å². The molecule has 0 atom stereocenters. The minimum Gasteiger partial charge on any atom is -0.332 e. The molecule has 0 saturated carbocycles. The van der Waals surface area contributed by atoms with E-state index in [-0.39, 0.29) is 5.69 Å². The summed E-state index contributed by atoms with van der Waals surface area (Å²) >= 11 is 1.30. The van der Waals surface area contributed by atoms with Gasteiger partial charge in [-0.05, 0) is 37.3 Å². The normalized spacial score (nSPS) is 11.5. The minimum absolute atomic E-state index is 0.124. The molecule has 0 fully saturated rings. The molecule has 3 aromatic rings. The summed E-state index contributed by atoms with van der Waals surface area (Å²) in [5, 5.41) is 3.23. The van der Waals surface area contributed by atoms with E-state index in [1.165, 1.54) is 17.4 Å². The highest BCUT2D eigenvalue weighted by Gasteiger charge is 2.34. The van der Waals surface area contributed by atoms with E-state index in [1.807, 2.05) is 6.92 Å². The van der Waals surface area contributed by atoms with Crippen molar-refractivity contribution in [3.05, 3.63) is 59.0 Å². The average Bonchev–Trinajstić information content (AvgIpc) is 2.89. The Labute approximate surface area is 139 Å². The summed E-state index contributed by atoms with van der Waals surface area (Å²) < 4.78 is 51.6. The van der Waals surface area contributed by atoms with Crippen LogP contribution in [0, 0.1) is 12.7 Å². The second-order valence-corrected chi connectivity index (χ2v) is 6.18. The minimum atomic E-state index is -4.75. The molecule has 1 aromatic carbocycles. The number of nitrogens with one attached hydrogen (secondary N) is 1. The highest BCUT2D eigenvalue weighted by atomic mass is 32.1. The number of benzene rings is 1. The van der Waals surface area contributed by atoms with Crippen LogP contribution in [-0.4, -0.2) is 9.97 Å². The van der Waals surface area contributed by atoms with Gasteiger partial charge in [0.05, 0.1) is 11.3 Å². The fourth-order valence-electron chi connectivity index (χ4n) is 2.17. The van der Waals surface area contributed by atoms with Crippen LogP contribution >= 0.6 is 11.3 Å². The van der Waals surface area contributed by atoms with Gasteiger partial charge in [0.1, 0.15) is 5.82 Å². The molecule has 0 aliphatic carbocycles. The fraction of sp³-hybridized carbons (Fsp3) is 0.125. The maximum atomic E-state index is 13.3. The number of pyridine rings is 1. The fourth-order valence-corrected chi connectivity index (χ4v) is 3.03. The monoisotopic (exact) mass is 353 g/mol. The first kappa shape index (κ1) is 16.4. The summed E-state index contributed by atoms with van der Waals surface area (Å²) in [4.78, 5) is 9.23. The number of hydrogen-bond acceptors (Lipinski definition) is 4. The predicted molar refractivity (Wildman–Crippen MR) is 84.8 cm³/mol. The van der Waals surface area contributed by atoms with Crippen molar-refractivity contribution in [2.24, 2.45) is 0 Å². The molecule has 0 bridgehead atoms. The van der Waals surface area contributed by atoms with E-state index in [4.69, 9.17) is 0 Å². The highest BCUT2D eigenvalue weighted by molar-refractivity contribution is 7.16. The van der Waals surface area contributed by atoms with Gasteiger partial charge in [0.25, 0.3) is 0 Å². The van der Waals surface area contributed by atoms with Crippen molar-refractivity contribution in [2.45, 2.75) is 13.1 Å². The second-order valence-electron chi connectivity index (χ2n) is 4.98. The van der Waals surface area contributed by atoms with Crippen LogP contribution in [0.4, 0.5) is 28.4 Å². The van der Waals surface area contributed by atoms with E-state index in [2.05, 4.69) is 15.3 Å². The molecule has 2 heterocycles. The van der Waals surface area contributed by atoms with E-state index in [0.29, 0.717) is 5.13 Å². The molecule has 3 nitrogen and oxygen atoms in total. The molecule has 0 spiro atoms. The first-order chi connectivity index (χ1) is 11.3. The quantitative estimate of drug-likeness (QED) is 0.639. The summed E-state index contributed by atoms with van der Waals surface area (Å²) in [5.41, 5.74) is 0.402. The van der Waals surface area contributed by atoms with Gasteiger partial charge < -0.3 is 5.32 Å². The van der Waals surface area contributed by atoms with Crippen LogP contribution in [0.5, 0.6) is 0 Å². The van der Waals surface area contributed by atoms with E-state index in [9.17, 15) is 17.6 Å². The molecule has 124 valence electrons. The molecular weight excluding hydrogens is 342 g/mol. The number of nitrogens with zero attached hydrogens (tertiary/aromatic N) is 2. The lowest BCUT2D eigenvalue weighted by atomic mass is 10.2. The highest BCUT2D eigenvalue weighted by Crippen LogP contribution is 2.35. The van der Waals surface area contributed by atoms with Gasteiger partial charge in [-0.2, -0.15) is 13.2 Å². The third-order valence-electron chi connectivity index (χ3n) is 3.27. The summed E-state index contributed by atoms with van der Waals surface area (Å²) in [7, 11) is 0. The van der Waals surface area contributed by atoms with Crippen LogP contribution in [0.1, 0.15) is 10.4 Å². The van der Waals surface area contributed by atoms with Crippen LogP contribution in [0.3, 0.4) is 0 Å². The van der Waals surface area contributed by atoms with Crippen LogP contribution in [0.2, 0.25) is 0 Å². The molecular formula is C16H11F4N3S. The molecule has 0 radical (unpaired) electrons. The number of alkyl halides is 3. The molecule has 2 aromatic heterocycles. The van der Waals surface area contributed by atoms with Gasteiger partial charge in [0.15, 0.2) is 5.13 Å². The largest absolute Gasteiger partial charge is 0.419 e. The number of thiazole rings is 1. The first-order valence-corrected chi connectivity index (χ1v) is 7.68. The predicted octanol–water partition coefficient (Wildman–Crippen LogP) is 5.42. The molecule has 0 aliphatic rings. The second kappa shape index (κ2) is 6.20. The van der Waals surface area contributed by atoms with Gasteiger partial charge in [0.2, 0.25) is 0 Å². The number of hydrogen-bond donors (Lipinski definition) is 1. The zero-order valence-electron chi connectivity index (χ0n) is 12.4. The molecule has 0 unspecified atom stereocenters. The van der Waals surface area contributed by atoms with Gasteiger partial charge in [0, 0.05) is 28.5 Å². The van der Waals surface area contributed by atoms with Crippen LogP contribution in [0.15, 0.2) is 42.7 Å². The summed E-state index contributed by atoms with van der Waals surface area (Å²) in [6.07, 6.45) is -1.48. The Morgan fingerprint density at radius 2 is 1.79 bits per heavy atom. The van der Waals surface area contributed by atoms with E-state index < -0.39 is 17.6 Å². The lowest BCUT2D eigenvalue weighted by Crippen LogP contribution is -2.08. The van der Waals surface area contributed by atoms with Crippen molar-refractivity contribution in [2.75, 3.05) is 5.32 Å². The molecule has 0 amide bonds. The summed E-state index contributed by atoms with van der Waals surface area (Å²) in [6.45, 7) is 1.87. The molecule has 8 heteroatoms. The van der Waals surface area contributed by atoms with E-state index in [0.717, 1.165) is 28.3 Å². The molecule has 0 aliphatic heterocycles. The third kappa shape index (κ3) is 3.38. The van der Waals surface area contributed by atoms with Gasteiger partial charge in [-0.3, -0.25) is 4.98 Å². The number of anilines is 2. The molecule has 3 rings (SSSR count). The maximum Gasteiger partial charge on any atom is 0.419 e. The number of halogens is 4. The van der Waals surface area contributed by atoms with E-state index in [1.54, 1.807) is 24.5 Å². The molecule has 0 saturated heterocycles. The van der Waals surface area contributed by atoms with E-state index >= 15 is 0 Å². The number of rotatable bonds is 3. The molecule has 24 heavy (non-hydrogen) atoms. The Bertz CT molecular complexity index is 860. The Kier molecular flexibility index (Phi) is 4.23. The van der Waals surface area contributed by atoms with Crippen molar-refractivity contribution in [1.29, 1.82) is 0 Å². The van der Waals surface area contributed by atoms with Crippen molar-refractivity contribution in [3.63, 3.8) is 0 Å². The summed E-state index contributed by atoms with van der Waals surface area (Å²) in [6, 6.07) is 6.36. The summed E-state index contributed by atoms with van der Waals surface area (Å²) in [5.74, 6) is -1.30. The Hall–Kier alpha value is -2.48. The molecule has 1 N–H and O–H groups in total. The zero-order valence-corrected chi connectivity index (χ0v) is 13.2. The lowest BCUT2D eigenvalue weighted by molar-refractivity contribution is -0.139. The van der Waals surface area contributed by atoms with Crippen LogP contribution in [-0.2, 0) is 6.18 Å². The Morgan fingerprint density at radius 3 is 2.46 bits per heavy atom. The first-order valence-electron chi connectivity index (χ1n) is 6.86. The Balaban J connectivity index is 1.90. The van der Waals surface area contributed by atoms with Crippen LogP contribution < -0.4 is 5.32 Å². The Morgan fingerprint density at radius 1 is 1.08 bits per heavy atom. The zero-order chi connectivity index (χ0) is 17.3. The van der Waals surface area contributed by atoms with Crippen molar-refractivity contribution in [3.8, 4) is 11.3 Å². The van der Waals surface area contributed by atoms with Gasteiger partial charge in [-0.1, -0.05) is 0 Å². The number of aromatic nitrogens is 2. The van der Waals surface area contributed by atoms with Crippen molar-refractivity contribution >= 4 is 22.2 Å². The SMILES string of the molecule is Cc1sc(Nc2ccc(F)c(C(F)(F)F)c2)nc1-c1ccncc1. The van der Waals surface area contributed by atoms with Crippen molar-refractivity contribution < 1.29 is 17.6 Å². The maximum absolute atomic E-state index is 13.3. The lowest BCUT2D eigenvalue weighted by Gasteiger charge is -2.10. The third-order valence-corrected chi connectivity index (χ3v) is 4.16. The van der Waals surface area contributed by atoms with Gasteiger partial charge in [-0.15, -0.1) is 11.3 Å². The average molecular weight is 353 g/mol. The van der Waals surface area contributed by atoms with Gasteiger partial charge >= 0.3 is 6.18 Å². The van der Waals surface area contributed by atoms with Crippen LogP contribution in [0.25, 0.3) is 11.3 Å².